The number of carbonyl (C=O) groups excluding carboxylic acids is 2. The molecule has 1 aliphatic rings. The molecular weight excluding hydrogens is 270 g/mol. The fourth-order valence-corrected chi connectivity index (χ4v) is 2.31. The van der Waals surface area contributed by atoms with E-state index in [9.17, 15) is 9.59 Å². The fraction of sp³-hybridized carbons (Fsp3) is 0.467. The van der Waals surface area contributed by atoms with Crippen LogP contribution in [0, 0.1) is 11.8 Å². The number of nitrogens with one attached hydrogen (secondary N) is 2. The molecule has 114 valence electrons. The minimum Gasteiger partial charge on any atom is -0.450 e. The van der Waals surface area contributed by atoms with E-state index in [1.807, 2.05) is 0 Å². The van der Waals surface area contributed by atoms with Gasteiger partial charge in [-0.1, -0.05) is 0 Å². The zero-order chi connectivity index (χ0) is 15.2. The smallest absolute Gasteiger partial charge is 0.411 e. The third kappa shape index (κ3) is 4.19. The number of benzene rings is 1. The molecule has 6 nitrogen and oxygen atoms in total. The Kier molecular flexibility index (Phi) is 5.16. The van der Waals surface area contributed by atoms with Crippen molar-refractivity contribution in [2.45, 2.75) is 19.8 Å². The first-order chi connectivity index (χ1) is 10.1. The number of anilines is 2. The van der Waals surface area contributed by atoms with Crippen molar-refractivity contribution in [3.8, 4) is 0 Å². The van der Waals surface area contributed by atoms with E-state index in [4.69, 9.17) is 10.5 Å². The highest BCUT2D eigenvalue weighted by molar-refractivity contribution is 5.93. The van der Waals surface area contributed by atoms with Gasteiger partial charge in [0.1, 0.15) is 0 Å². The van der Waals surface area contributed by atoms with E-state index < -0.39 is 6.09 Å². The largest absolute Gasteiger partial charge is 0.450 e. The summed E-state index contributed by atoms with van der Waals surface area (Å²) in [5.41, 5.74) is 6.89. The van der Waals surface area contributed by atoms with Crippen LogP contribution in [0.25, 0.3) is 0 Å². The predicted molar refractivity (Wildman–Crippen MR) is 81.0 cm³/mol. The van der Waals surface area contributed by atoms with Crippen molar-refractivity contribution < 1.29 is 14.3 Å². The van der Waals surface area contributed by atoms with Gasteiger partial charge < -0.3 is 15.8 Å². The highest BCUT2D eigenvalue weighted by Crippen LogP contribution is 2.33. The van der Waals surface area contributed by atoms with Gasteiger partial charge in [0.2, 0.25) is 5.91 Å². The Bertz CT molecular complexity index is 495. The van der Waals surface area contributed by atoms with Crippen LogP contribution in [-0.2, 0) is 9.53 Å². The SMILES string of the molecule is CCOC(=O)Nc1ccc(NC(=O)C2CC(CN)C2)cc1. The van der Waals surface area contributed by atoms with E-state index in [1.165, 1.54) is 0 Å². The van der Waals surface area contributed by atoms with Gasteiger partial charge >= 0.3 is 6.09 Å². The summed E-state index contributed by atoms with van der Waals surface area (Å²) in [5, 5.41) is 5.46. The van der Waals surface area contributed by atoms with Gasteiger partial charge in [-0.2, -0.15) is 0 Å². The highest BCUT2D eigenvalue weighted by atomic mass is 16.5. The first-order valence-corrected chi connectivity index (χ1v) is 7.17. The molecule has 0 spiro atoms. The van der Waals surface area contributed by atoms with Crippen LogP contribution in [0.3, 0.4) is 0 Å². The number of ether oxygens (including phenoxy) is 1. The molecule has 2 amide bonds. The van der Waals surface area contributed by atoms with Crippen LogP contribution in [0.2, 0.25) is 0 Å². The Labute approximate surface area is 124 Å². The van der Waals surface area contributed by atoms with Gasteiger partial charge in [0.05, 0.1) is 6.61 Å². The first kappa shape index (κ1) is 15.3. The van der Waals surface area contributed by atoms with E-state index in [0.717, 1.165) is 12.8 Å². The van der Waals surface area contributed by atoms with Gasteiger partial charge in [-0.15, -0.1) is 0 Å². The molecule has 0 radical (unpaired) electrons. The van der Waals surface area contributed by atoms with E-state index in [0.29, 0.717) is 30.4 Å². The summed E-state index contributed by atoms with van der Waals surface area (Å²) in [7, 11) is 0. The molecule has 0 aliphatic heterocycles. The van der Waals surface area contributed by atoms with E-state index in [2.05, 4.69) is 10.6 Å². The number of rotatable bonds is 5. The zero-order valence-corrected chi connectivity index (χ0v) is 12.1. The third-order valence-corrected chi connectivity index (χ3v) is 3.61. The second-order valence-corrected chi connectivity index (χ2v) is 5.18. The number of hydrogen-bond donors (Lipinski definition) is 3. The average Bonchev–Trinajstić information content (AvgIpc) is 2.40. The maximum absolute atomic E-state index is 12.0. The zero-order valence-electron chi connectivity index (χ0n) is 12.1. The Morgan fingerprint density at radius 1 is 1.19 bits per heavy atom. The molecule has 0 atom stereocenters. The second-order valence-electron chi connectivity index (χ2n) is 5.18. The average molecular weight is 291 g/mol. The Morgan fingerprint density at radius 2 is 1.76 bits per heavy atom. The number of nitrogens with two attached hydrogens (primary N) is 1. The molecule has 0 unspecified atom stereocenters. The van der Waals surface area contributed by atoms with Crippen LogP contribution in [-0.4, -0.2) is 25.2 Å². The second kappa shape index (κ2) is 7.08. The molecule has 21 heavy (non-hydrogen) atoms. The minimum atomic E-state index is -0.489. The number of hydrogen-bond acceptors (Lipinski definition) is 4. The third-order valence-electron chi connectivity index (χ3n) is 3.61. The van der Waals surface area contributed by atoms with Crippen molar-refractivity contribution in [2.75, 3.05) is 23.8 Å². The predicted octanol–water partition coefficient (Wildman–Crippen LogP) is 2.18. The molecule has 1 aliphatic carbocycles. The maximum Gasteiger partial charge on any atom is 0.411 e. The fourth-order valence-electron chi connectivity index (χ4n) is 2.31. The van der Waals surface area contributed by atoms with Crippen LogP contribution in [0.15, 0.2) is 24.3 Å². The summed E-state index contributed by atoms with van der Waals surface area (Å²) in [5.74, 6) is 0.582. The summed E-state index contributed by atoms with van der Waals surface area (Å²) in [4.78, 5) is 23.2. The molecule has 0 saturated heterocycles. The summed E-state index contributed by atoms with van der Waals surface area (Å²) < 4.78 is 4.78. The van der Waals surface area contributed by atoms with Gasteiger partial charge in [-0.3, -0.25) is 10.1 Å². The van der Waals surface area contributed by atoms with Crippen molar-refractivity contribution in [3.63, 3.8) is 0 Å². The molecule has 0 bridgehead atoms. The molecule has 1 aromatic carbocycles. The van der Waals surface area contributed by atoms with Crippen molar-refractivity contribution in [1.29, 1.82) is 0 Å². The lowest BCUT2D eigenvalue weighted by molar-refractivity contribution is -0.123. The minimum absolute atomic E-state index is 0.0331. The van der Waals surface area contributed by atoms with Crippen LogP contribution in [0.5, 0.6) is 0 Å². The Hall–Kier alpha value is -2.08. The number of carbonyl (C=O) groups is 2. The lowest BCUT2D eigenvalue weighted by atomic mass is 9.74. The van der Waals surface area contributed by atoms with Crippen LogP contribution >= 0.6 is 0 Å². The van der Waals surface area contributed by atoms with Gasteiger partial charge in [0.15, 0.2) is 0 Å². The molecule has 1 fully saturated rings. The summed E-state index contributed by atoms with van der Waals surface area (Å²) in [6, 6.07) is 6.93. The molecule has 1 aromatic rings. The Balaban J connectivity index is 1.82. The molecule has 4 N–H and O–H groups in total. The van der Waals surface area contributed by atoms with Crippen LogP contribution in [0.1, 0.15) is 19.8 Å². The van der Waals surface area contributed by atoms with E-state index in [-0.39, 0.29) is 11.8 Å². The van der Waals surface area contributed by atoms with Crippen molar-refractivity contribution in [2.24, 2.45) is 17.6 Å². The Morgan fingerprint density at radius 3 is 2.29 bits per heavy atom. The lowest BCUT2D eigenvalue weighted by Gasteiger charge is -2.33. The van der Waals surface area contributed by atoms with Gasteiger partial charge in [-0.25, -0.2) is 4.79 Å². The van der Waals surface area contributed by atoms with Gasteiger partial charge in [-0.05, 0) is 56.5 Å². The molecular formula is C15H21N3O3. The monoisotopic (exact) mass is 291 g/mol. The van der Waals surface area contributed by atoms with Gasteiger partial charge in [0, 0.05) is 17.3 Å². The normalized spacial score (nSPS) is 20.3. The van der Waals surface area contributed by atoms with Crippen LogP contribution in [0.4, 0.5) is 16.2 Å². The molecule has 0 aromatic heterocycles. The topological polar surface area (TPSA) is 93.5 Å². The molecule has 6 heteroatoms. The number of amides is 2. The molecule has 1 saturated carbocycles. The van der Waals surface area contributed by atoms with Gasteiger partial charge in [0.25, 0.3) is 0 Å². The van der Waals surface area contributed by atoms with Crippen molar-refractivity contribution in [3.05, 3.63) is 24.3 Å². The quantitative estimate of drug-likeness (QED) is 0.775. The molecule has 0 heterocycles. The van der Waals surface area contributed by atoms with E-state index in [1.54, 1.807) is 31.2 Å². The summed E-state index contributed by atoms with van der Waals surface area (Å²) in [6.45, 7) is 2.72. The van der Waals surface area contributed by atoms with E-state index >= 15 is 0 Å². The summed E-state index contributed by atoms with van der Waals surface area (Å²) in [6.07, 6.45) is 1.24. The molecule has 2 rings (SSSR count). The maximum atomic E-state index is 12.0. The lowest BCUT2D eigenvalue weighted by Crippen LogP contribution is -2.37. The van der Waals surface area contributed by atoms with Crippen molar-refractivity contribution >= 4 is 23.4 Å². The highest BCUT2D eigenvalue weighted by Gasteiger charge is 2.33. The van der Waals surface area contributed by atoms with Crippen LogP contribution < -0.4 is 16.4 Å². The summed E-state index contributed by atoms with van der Waals surface area (Å²) >= 11 is 0. The van der Waals surface area contributed by atoms with Crippen molar-refractivity contribution in [1.82, 2.24) is 0 Å². The standard InChI is InChI=1S/C15H21N3O3/c1-2-21-15(20)18-13-5-3-12(4-6-13)17-14(19)11-7-10(8-11)9-16/h3-6,10-11H,2,7-9,16H2,1H3,(H,17,19)(H,18,20). The first-order valence-electron chi connectivity index (χ1n) is 7.17.